The minimum atomic E-state index is -0.286. The molecule has 1 rings (SSSR count). The van der Waals surface area contributed by atoms with Gasteiger partial charge in [-0.25, -0.2) is 0 Å². The SMILES string of the molecule is CC(=O)C(C)CCN1C(=O)C=CC1=O. The van der Waals surface area contributed by atoms with Crippen molar-refractivity contribution >= 4 is 17.6 Å². The molecule has 1 heterocycles. The summed E-state index contributed by atoms with van der Waals surface area (Å²) in [6.07, 6.45) is 3.04. The molecule has 4 nitrogen and oxygen atoms in total. The van der Waals surface area contributed by atoms with Gasteiger partial charge in [0.1, 0.15) is 5.78 Å². The number of ketones is 1. The van der Waals surface area contributed by atoms with Crippen LogP contribution < -0.4 is 0 Å². The molecule has 0 N–H and O–H groups in total. The topological polar surface area (TPSA) is 54.5 Å². The molecule has 4 heteroatoms. The van der Waals surface area contributed by atoms with Gasteiger partial charge in [-0.05, 0) is 13.3 Å². The molecular formula is C10H13NO3. The van der Waals surface area contributed by atoms with E-state index in [0.29, 0.717) is 13.0 Å². The second-order valence-corrected chi connectivity index (χ2v) is 3.46. The zero-order valence-corrected chi connectivity index (χ0v) is 8.32. The summed E-state index contributed by atoms with van der Waals surface area (Å²) >= 11 is 0. The van der Waals surface area contributed by atoms with Gasteiger partial charge in [0.25, 0.3) is 11.8 Å². The number of amides is 2. The minimum Gasteiger partial charge on any atom is -0.300 e. The molecule has 76 valence electrons. The Bertz CT molecular complexity index is 288. The van der Waals surface area contributed by atoms with Crippen molar-refractivity contribution in [3.05, 3.63) is 12.2 Å². The van der Waals surface area contributed by atoms with Crippen LogP contribution in [0, 0.1) is 5.92 Å². The summed E-state index contributed by atoms with van der Waals surface area (Å²) in [5, 5.41) is 0. The molecule has 0 saturated carbocycles. The maximum absolute atomic E-state index is 11.1. The van der Waals surface area contributed by atoms with Crippen molar-refractivity contribution in [2.24, 2.45) is 5.92 Å². The van der Waals surface area contributed by atoms with Crippen molar-refractivity contribution in [1.82, 2.24) is 4.90 Å². The summed E-state index contributed by atoms with van der Waals surface area (Å²) in [4.78, 5) is 34.3. The van der Waals surface area contributed by atoms with Crippen LogP contribution in [0.15, 0.2) is 12.2 Å². The second kappa shape index (κ2) is 4.17. The van der Waals surface area contributed by atoms with Gasteiger partial charge in [-0.3, -0.25) is 19.3 Å². The average Bonchev–Trinajstić information content (AvgIpc) is 2.43. The van der Waals surface area contributed by atoms with Gasteiger partial charge in [0.05, 0.1) is 0 Å². The molecule has 1 aliphatic heterocycles. The summed E-state index contributed by atoms with van der Waals surface area (Å²) in [6.45, 7) is 3.63. The van der Waals surface area contributed by atoms with Gasteiger partial charge in [0, 0.05) is 24.6 Å². The van der Waals surface area contributed by atoms with E-state index in [1.54, 1.807) is 6.92 Å². The lowest BCUT2D eigenvalue weighted by Crippen LogP contribution is -2.32. The van der Waals surface area contributed by atoms with Crippen molar-refractivity contribution in [2.75, 3.05) is 6.54 Å². The number of hydrogen-bond donors (Lipinski definition) is 0. The number of Topliss-reactive ketones (excluding diaryl/α,β-unsaturated/α-hetero) is 1. The van der Waals surface area contributed by atoms with Crippen LogP contribution in [0.1, 0.15) is 20.3 Å². The minimum absolute atomic E-state index is 0.0806. The molecule has 0 fully saturated rings. The van der Waals surface area contributed by atoms with E-state index in [1.165, 1.54) is 19.1 Å². The number of nitrogens with zero attached hydrogens (tertiary/aromatic N) is 1. The van der Waals surface area contributed by atoms with Gasteiger partial charge < -0.3 is 0 Å². The highest BCUT2D eigenvalue weighted by atomic mass is 16.2. The van der Waals surface area contributed by atoms with Crippen molar-refractivity contribution in [2.45, 2.75) is 20.3 Å². The quantitative estimate of drug-likeness (QED) is 0.615. The molecule has 0 bridgehead atoms. The molecule has 0 aromatic heterocycles. The maximum atomic E-state index is 11.1. The van der Waals surface area contributed by atoms with E-state index in [1.807, 2.05) is 0 Å². The zero-order chi connectivity index (χ0) is 10.7. The van der Waals surface area contributed by atoms with E-state index < -0.39 is 0 Å². The third-order valence-corrected chi connectivity index (χ3v) is 2.38. The van der Waals surface area contributed by atoms with Gasteiger partial charge in [-0.15, -0.1) is 0 Å². The molecule has 0 radical (unpaired) electrons. The standard InChI is InChI=1S/C10H13NO3/c1-7(8(2)12)5-6-11-9(13)3-4-10(11)14/h3-4,7H,5-6H2,1-2H3. The highest BCUT2D eigenvalue weighted by molar-refractivity contribution is 6.12. The first-order valence-corrected chi connectivity index (χ1v) is 4.56. The smallest absolute Gasteiger partial charge is 0.253 e. The lowest BCUT2D eigenvalue weighted by Gasteiger charge is -2.15. The Morgan fingerprint density at radius 2 is 1.86 bits per heavy atom. The number of rotatable bonds is 4. The van der Waals surface area contributed by atoms with Crippen LogP contribution in [0.25, 0.3) is 0 Å². The molecule has 0 spiro atoms. The Balaban J connectivity index is 2.43. The fraction of sp³-hybridized carbons (Fsp3) is 0.500. The lowest BCUT2D eigenvalue weighted by molar-refractivity contribution is -0.137. The Morgan fingerprint density at radius 3 is 2.29 bits per heavy atom. The Labute approximate surface area is 82.6 Å². The van der Waals surface area contributed by atoms with Gasteiger partial charge in [0.2, 0.25) is 0 Å². The summed E-state index contributed by atoms with van der Waals surface area (Å²) in [6, 6.07) is 0. The largest absolute Gasteiger partial charge is 0.300 e. The summed E-state index contributed by atoms with van der Waals surface area (Å²) in [7, 11) is 0. The van der Waals surface area contributed by atoms with Crippen LogP contribution >= 0.6 is 0 Å². The number of carbonyl (C=O) groups excluding carboxylic acids is 3. The predicted octanol–water partition coefficient (Wildman–Crippen LogP) is 0.527. The van der Waals surface area contributed by atoms with E-state index >= 15 is 0 Å². The van der Waals surface area contributed by atoms with E-state index in [-0.39, 0.29) is 23.5 Å². The molecule has 1 aliphatic rings. The molecular weight excluding hydrogens is 182 g/mol. The van der Waals surface area contributed by atoms with E-state index in [9.17, 15) is 14.4 Å². The van der Waals surface area contributed by atoms with Crippen LogP contribution in [-0.2, 0) is 14.4 Å². The summed E-state index contributed by atoms with van der Waals surface area (Å²) in [5.74, 6) is -0.593. The molecule has 1 atom stereocenters. The monoisotopic (exact) mass is 195 g/mol. The molecule has 0 saturated heterocycles. The highest BCUT2D eigenvalue weighted by Crippen LogP contribution is 2.09. The molecule has 1 unspecified atom stereocenters. The third-order valence-electron chi connectivity index (χ3n) is 2.38. The molecule has 2 amide bonds. The summed E-state index contributed by atoms with van der Waals surface area (Å²) in [5.41, 5.74) is 0. The Morgan fingerprint density at radius 1 is 1.36 bits per heavy atom. The lowest BCUT2D eigenvalue weighted by atomic mass is 10.0. The normalized spacial score (nSPS) is 17.7. The highest BCUT2D eigenvalue weighted by Gasteiger charge is 2.23. The Kier molecular flexibility index (Phi) is 3.17. The summed E-state index contributed by atoms with van der Waals surface area (Å²) < 4.78 is 0. The van der Waals surface area contributed by atoms with Gasteiger partial charge >= 0.3 is 0 Å². The first kappa shape index (κ1) is 10.6. The third kappa shape index (κ3) is 2.28. The van der Waals surface area contributed by atoms with E-state index in [0.717, 1.165) is 4.90 Å². The fourth-order valence-corrected chi connectivity index (χ4v) is 1.18. The molecule has 0 aromatic rings. The molecule has 14 heavy (non-hydrogen) atoms. The van der Waals surface area contributed by atoms with Crippen LogP contribution in [0.5, 0.6) is 0 Å². The van der Waals surface area contributed by atoms with Gasteiger partial charge in [0.15, 0.2) is 0 Å². The molecule has 0 aliphatic carbocycles. The predicted molar refractivity (Wildman–Crippen MR) is 50.3 cm³/mol. The Hall–Kier alpha value is -1.45. The van der Waals surface area contributed by atoms with Crippen LogP contribution in [-0.4, -0.2) is 29.0 Å². The number of carbonyl (C=O) groups is 3. The molecule has 0 aromatic carbocycles. The van der Waals surface area contributed by atoms with Crippen LogP contribution in [0.3, 0.4) is 0 Å². The second-order valence-electron chi connectivity index (χ2n) is 3.46. The van der Waals surface area contributed by atoms with Crippen molar-refractivity contribution in [1.29, 1.82) is 0 Å². The maximum Gasteiger partial charge on any atom is 0.253 e. The fourth-order valence-electron chi connectivity index (χ4n) is 1.18. The number of hydrogen-bond acceptors (Lipinski definition) is 3. The average molecular weight is 195 g/mol. The number of imide groups is 1. The van der Waals surface area contributed by atoms with Gasteiger partial charge in [-0.2, -0.15) is 0 Å². The van der Waals surface area contributed by atoms with Crippen LogP contribution in [0.4, 0.5) is 0 Å². The van der Waals surface area contributed by atoms with Crippen molar-refractivity contribution in [3.63, 3.8) is 0 Å². The van der Waals surface area contributed by atoms with Crippen LogP contribution in [0.2, 0.25) is 0 Å². The zero-order valence-electron chi connectivity index (χ0n) is 8.32. The van der Waals surface area contributed by atoms with E-state index in [2.05, 4.69) is 0 Å². The van der Waals surface area contributed by atoms with Crippen molar-refractivity contribution < 1.29 is 14.4 Å². The van der Waals surface area contributed by atoms with E-state index in [4.69, 9.17) is 0 Å². The van der Waals surface area contributed by atoms with Crippen molar-refractivity contribution in [3.8, 4) is 0 Å². The van der Waals surface area contributed by atoms with Gasteiger partial charge in [-0.1, -0.05) is 6.92 Å². The first-order valence-electron chi connectivity index (χ1n) is 4.56. The first-order chi connectivity index (χ1) is 6.52.